The summed E-state index contributed by atoms with van der Waals surface area (Å²) in [4.78, 5) is 45.3. The van der Waals surface area contributed by atoms with Crippen molar-refractivity contribution in [3.8, 4) is 0 Å². The van der Waals surface area contributed by atoms with Crippen molar-refractivity contribution in [1.29, 1.82) is 0 Å². The van der Waals surface area contributed by atoms with Crippen molar-refractivity contribution < 1.29 is 37.5 Å². The van der Waals surface area contributed by atoms with Crippen LogP contribution in [0.25, 0.3) is 0 Å². The Bertz CT molecular complexity index is 583. The first-order chi connectivity index (χ1) is 11.9. The van der Waals surface area contributed by atoms with Crippen molar-refractivity contribution in [2.24, 2.45) is 23.3 Å². The van der Waals surface area contributed by atoms with Crippen LogP contribution in [-0.4, -0.2) is 65.5 Å². The molecule has 0 aromatic carbocycles. The Labute approximate surface area is 146 Å². The van der Waals surface area contributed by atoms with E-state index in [1.807, 2.05) is 0 Å². The molecule has 9 nitrogen and oxygen atoms in total. The topological polar surface area (TPSA) is 156 Å². The predicted molar refractivity (Wildman–Crippen MR) is 81.3 cm³/mol. The van der Waals surface area contributed by atoms with Crippen molar-refractivity contribution in [3.63, 3.8) is 0 Å². The summed E-state index contributed by atoms with van der Waals surface area (Å²) in [6, 6.07) is -1.27. The molecule has 12 heteroatoms. The molecule has 2 fully saturated rings. The van der Waals surface area contributed by atoms with Gasteiger partial charge in [-0.3, -0.25) is 14.4 Å². The van der Waals surface area contributed by atoms with Crippen molar-refractivity contribution >= 4 is 23.7 Å². The lowest BCUT2D eigenvalue weighted by molar-refractivity contribution is -0.192. The second-order valence-corrected chi connectivity index (χ2v) is 6.04. The minimum absolute atomic E-state index is 0.0823. The highest BCUT2D eigenvalue weighted by Crippen LogP contribution is 2.41. The van der Waals surface area contributed by atoms with Gasteiger partial charge in [-0.2, -0.15) is 13.2 Å². The first-order valence-corrected chi connectivity index (χ1v) is 7.78. The quantitative estimate of drug-likeness (QED) is 0.479. The van der Waals surface area contributed by atoms with Crippen LogP contribution >= 0.6 is 0 Å². The molecule has 6 N–H and O–H groups in total. The van der Waals surface area contributed by atoms with E-state index in [0.717, 1.165) is 6.42 Å². The number of primary amides is 1. The smallest absolute Gasteiger partial charge is 0.475 e. The Morgan fingerprint density at radius 3 is 2.23 bits per heavy atom. The fourth-order valence-electron chi connectivity index (χ4n) is 2.80. The second-order valence-electron chi connectivity index (χ2n) is 6.04. The third-order valence-electron chi connectivity index (χ3n) is 4.28. The summed E-state index contributed by atoms with van der Waals surface area (Å²) in [5.74, 6) is -3.90. The Hall–Kier alpha value is -2.37. The van der Waals surface area contributed by atoms with Crippen molar-refractivity contribution in [1.82, 2.24) is 10.2 Å². The molecule has 4 atom stereocenters. The highest BCUT2D eigenvalue weighted by Gasteiger charge is 2.50. The Balaban J connectivity index is 0.000000412. The zero-order valence-electron chi connectivity index (χ0n) is 14.0. The third-order valence-corrected chi connectivity index (χ3v) is 4.28. The molecule has 1 saturated heterocycles. The summed E-state index contributed by atoms with van der Waals surface area (Å²) in [6.45, 7) is 0.511. The number of aliphatic carboxylic acids is 1. The van der Waals surface area contributed by atoms with E-state index in [-0.39, 0.29) is 23.7 Å². The van der Waals surface area contributed by atoms with Crippen molar-refractivity contribution in [2.45, 2.75) is 37.5 Å². The summed E-state index contributed by atoms with van der Waals surface area (Å²) in [5.41, 5.74) is 11.2. The molecule has 26 heavy (non-hydrogen) atoms. The Morgan fingerprint density at radius 1 is 1.27 bits per heavy atom. The molecule has 0 unspecified atom stereocenters. The van der Waals surface area contributed by atoms with Crippen LogP contribution in [0.15, 0.2) is 0 Å². The van der Waals surface area contributed by atoms with E-state index in [9.17, 15) is 27.6 Å². The fraction of sp³-hybridized carbons (Fsp3) is 0.714. The molecule has 2 rings (SSSR count). The summed E-state index contributed by atoms with van der Waals surface area (Å²) in [7, 11) is 1.56. The number of likely N-dealkylation sites (tertiary alicyclic amines) is 1. The lowest BCUT2D eigenvalue weighted by Crippen LogP contribution is -2.51. The van der Waals surface area contributed by atoms with E-state index in [4.69, 9.17) is 21.4 Å². The normalized spacial score (nSPS) is 25.6. The number of rotatable bonds is 4. The lowest BCUT2D eigenvalue weighted by Gasteiger charge is -2.25. The molecule has 0 bridgehead atoms. The zero-order chi connectivity index (χ0) is 20.2. The van der Waals surface area contributed by atoms with Gasteiger partial charge in [0, 0.05) is 19.5 Å². The van der Waals surface area contributed by atoms with E-state index in [1.54, 1.807) is 7.05 Å². The minimum Gasteiger partial charge on any atom is -0.475 e. The number of nitrogens with one attached hydrogen (secondary N) is 1. The number of nitrogens with two attached hydrogens (primary N) is 2. The van der Waals surface area contributed by atoms with Gasteiger partial charge in [-0.05, 0) is 25.2 Å². The van der Waals surface area contributed by atoms with Gasteiger partial charge in [-0.15, -0.1) is 0 Å². The number of carbonyl (C=O) groups excluding carboxylic acids is 3. The van der Waals surface area contributed by atoms with E-state index in [2.05, 4.69) is 5.32 Å². The molecule has 1 heterocycles. The number of nitrogens with zero attached hydrogens (tertiary/aromatic N) is 1. The number of halogens is 3. The predicted octanol–water partition coefficient (Wildman–Crippen LogP) is -1.19. The Kier molecular flexibility index (Phi) is 6.95. The van der Waals surface area contributed by atoms with E-state index < -0.39 is 30.1 Å². The first-order valence-electron chi connectivity index (χ1n) is 7.78. The number of amides is 3. The molecule has 2 aliphatic rings. The number of carboxylic acid groups (broad SMARTS) is 1. The third kappa shape index (κ3) is 5.31. The van der Waals surface area contributed by atoms with Crippen LogP contribution in [0.4, 0.5) is 13.2 Å². The highest BCUT2D eigenvalue weighted by atomic mass is 19.4. The van der Waals surface area contributed by atoms with Gasteiger partial charge in [0.2, 0.25) is 17.7 Å². The van der Waals surface area contributed by atoms with Crippen LogP contribution in [0, 0.1) is 11.8 Å². The number of hydrogen-bond acceptors (Lipinski definition) is 5. The lowest BCUT2D eigenvalue weighted by atomic mass is 10.1. The van der Waals surface area contributed by atoms with Crippen molar-refractivity contribution in [3.05, 3.63) is 0 Å². The molecule has 148 valence electrons. The monoisotopic (exact) mass is 382 g/mol. The van der Waals surface area contributed by atoms with Gasteiger partial charge in [0.15, 0.2) is 0 Å². The molecular formula is C14H21F3N4O5. The largest absolute Gasteiger partial charge is 0.490 e. The maximum atomic E-state index is 12.3. The van der Waals surface area contributed by atoms with E-state index in [1.165, 1.54) is 4.90 Å². The average molecular weight is 382 g/mol. The van der Waals surface area contributed by atoms with Crippen LogP contribution in [0.2, 0.25) is 0 Å². The van der Waals surface area contributed by atoms with Gasteiger partial charge in [-0.1, -0.05) is 0 Å². The van der Waals surface area contributed by atoms with Crippen LogP contribution in [0.5, 0.6) is 0 Å². The van der Waals surface area contributed by atoms with Crippen LogP contribution in [0.1, 0.15) is 19.3 Å². The van der Waals surface area contributed by atoms with Crippen molar-refractivity contribution in [2.75, 3.05) is 13.6 Å². The van der Waals surface area contributed by atoms with E-state index in [0.29, 0.717) is 19.4 Å². The summed E-state index contributed by atoms with van der Waals surface area (Å²) < 4.78 is 31.7. The average Bonchev–Trinajstić information content (AvgIpc) is 3.19. The fourth-order valence-corrected chi connectivity index (χ4v) is 2.80. The standard InChI is InChI=1S/C12H20N4O3.C2HF3O2/c1-15-11(18)7-5-6(7)9(13)12(19)16-4-2-3-8(16)10(14)17;3-2(4,5)1(6)7/h6-9H,2-5,13H2,1H3,(H2,14,17)(H,15,18);(H,6,7)/t6-,7+,8+,9+;/m1./s1. The van der Waals surface area contributed by atoms with Gasteiger partial charge in [0.05, 0.1) is 6.04 Å². The van der Waals surface area contributed by atoms with Gasteiger partial charge in [-0.25, -0.2) is 4.79 Å². The number of carboxylic acids is 1. The molecule has 1 saturated carbocycles. The van der Waals surface area contributed by atoms with Crippen LogP contribution < -0.4 is 16.8 Å². The molecule has 0 aromatic heterocycles. The minimum atomic E-state index is -5.08. The summed E-state index contributed by atoms with van der Waals surface area (Å²) in [6.07, 6.45) is -3.10. The highest BCUT2D eigenvalue weighted by molar-refractivity contribution is 5.91. The van der Waals surface area contributed by atoms with Crippen LogP contribution in [-0.2, 0) is 19.2 Å². The Morgan fingerprint density at radius 2 is 1.81 bits per heavy atom. The zero-order valence-corrected chi connectivity index (χ0v) is 14.0. The second kappa shape index (κ2) is 8.34. The molecule has 1 aliphatic carbocycles. The molecular weight excluding hydrogens is 361 g/mol. The molecule has 1 aliphatic heterocycles. The number of alkyl halides is 3. The van der Waals surface area contributed by atoms with Crippen LogP contribution in [0.3, 0.4) is 0 Å². The molecule has 0 aromatic rings. The van der Waals surface area contributed by atoms with Gasteiger partial charge in [0.1, 0.15) is 6.04 Å². The maximum Gasteiger partial charge on any atom is 0.490 e. The van der Waals surface area contributed by atoms with Gasteiger partial charge >= 0.3 is 12.1 Å². The number of carbonyl (C=O) groups is 4. The van der Waals surface area contributed by atoms with Gasteiger partial charge in [0.25, 0.3) is 0 Å². The number of hydrogen-bond donors (Lipinski definition) is 4. The molecule has 0 spiro atoms. The summed E-state index contributed by atoms with van der Waals surface area (Å²) >= 11 is 0. The maximum absolute atomic E-state index is 12.3. The summed E-state index contributed by atoms with van der Waals surface area (Å²) in [5, 5.41) is 9.68. The van der Waals surface area contributed by atoms with Gasteiger partial charge < -0.3 is 26.8 Å². The molecule has 3 amide bonds. The van der Waals surface area contributed by atoms with E-state index >= 15 is 0 Å². The SMILES string of the molecule is CNC(=O)[C@H]1C[C@H]1[C@H](N)C(=O)N1CCC[C@H]1C(N)=O.O=C(O)C(F)(F)F. The first kappa shape index (κ1) is 21.7. The molecule has 0 radical (unpaired) electrons.